The minimum absolute atomic E-state index is 0.244. The number of halogens is 1. The standard InChI is InChI=1S/C11H13FN2O3/c12-10-7-9(13-17-8-15)1-2-11(10)14-3-5-16-6-4-14/h1-2,7-8,13H,3-6H2. The second kappa shape index (κ2) is 5.49. The molecule has 5 nitrogen and oxygen atoms in total. The molecule has 1 aromatic carbocycles. The van der Waals surface area contributed by atoms with Crippen LogP contribution in [0.1, 0.15) is 0 Å². The van der Waals surface area contributed by atoms with Crippen molar-refractivity contribution in [3.05, 3.63) is 24.0 Å². The van der Waals surface area contributed by atoms with E-state index < -0.39 is 0 Å². The molecule has 1 aliphatic rings. The molecule has 1 saturated heterocycles. The lowest BCUT2D eigenvalue weighted by Gasteiger charge is -2.29. The molecule has 1 aromatic rings. The number of carbonyl (C=O) groups is 1. The van der Waals surface area contributed by atoms with Gasteiger partial charge in [0, 0.05) is 19.2 Å². The molecule has 92 valence electrons. The van der Waals surface area contributed by atoms with Crippen LogP contribution in [0.15, 0.2) is 18.2 Å². The molecular formula is C11H13FN2O3. The van der Waals surface area contributed by atoms with Gasteiger partial charge in [-0.1, -0.05) is 0 Å². The maximum Gasteiger partial charge on any atom is 0.320 e. The molecule has 2 rings (SSSR count). The van der Waals surface area contributed by atoms with E-state index in [1.165, 1.54) is 6.07 Å². The zero-order valence-corrected chi connectivity index (χ0v) is 9.19. The van der Waals surface area contributed by atoms with Gasteiger partial charge in [-0.05, 0) is 12.1 Å². The average Bonchev–Trinajstić information content (AvgIpc) is 2.37. The molecule has 0 amide bonds. The number of morpholine rings is 1. The smallest absolute Gasteiger partial charge is 0.320 e. The van der Waals surface area contributed by atoms with Crippen molar-refractivity contribution < 1.29 is 18.8 Å². The lowest BCUT2D eigenvalue weighted by atomic mass is 10.2. The van der Waals surface area contributed by atoms with Crippen LogP contribution in [0.4, 0.5) is 15.8 Å². The van der Waals surface area contributed by atoms with Crippen molar-refractivity contribution >= 4 is 17.8 Å². The predicted molar refractivity (Wildman–Crippen MR) is 60.2 cm³/mol. The van der Waals surface area contributed by atoms with Crippen LogP contribution in [0.25, 0.3) is 0 Å². The van der Waals surface area contributed by atoms with Crippen molar-refractivity contribution in [2.45, 2.75) is 0 Å². The molecule has 6 heteroatoms. The largest absolute Gasteiger partial charge is 0.378 e. The van der Waals surface area contributed by atoms with E-state index in [0.717, 1.165) is 0 Å². The van der Waals surface area contributed by atoms with Crippen LogP contribution in [0.3, 0.4) is 0 Å². The summed E-state index contributed by atoms with van der Waals surface area (Å²) in [7, 11) is 0. The van der Waals surface area contributed by atoms with Crippen LogP contribution in [-0.4, -0.2) is 32.8 Å². The summed E-state index contributed by atoms with van der Waals surface area (Å²) in [6.45, 7) is 2.80. The second-order valence-electron chi connectivity index (χ2n) is 3.58. The number of rotatable bonds is 4. The fourth-order valence-corrected chi connectivity index (χ4v) is 1.72. The van der Waals surface area contributed by atoms with Crippen molar-refractivity contribution in [2.75, 3.05) is 36.7 Å². The summed E-state index contributed by atoms with van der Waals surface area (Å²) < 4.78 is 19.0. The first-order valence-electron chi connectivity index (χ1n) is 5.29. The van der Waals surface area contributed by atoms with Gasteiger partial charge >= 0.3 is 6.47 Å². The zero-order valence-electron chi connectivity index (χ0n) is 9.19. The predicted octanol–water partition coefficient (Wildman–Crippen LogP) is 1.16. The van der Waals surface area contributed by atoms with Crippen LogP contribution < -0.4 is 10.4 Å². The van der Waals surface area contributed by atoms with E-state index in [1.54, 1.807) is 12.1 Å². The van der Waals surface area contributed by atoms with Crippen molar-refractivity contribution in [3.63, 3.8) is 0 Å². The van der Waals surface area contributed by atoms with Gasteiger partial charge in [-0.3, -0.25) is 4.79 Å². The quantitative estimate of drug-likeness (QED) is 0.632. The highest BCUT2D eigenvalue weighted by atomic mass is 19.1. The summed E-state index contributed by atoms with van der Waals surface area (Å²) in [6.07, 6.45) is 0. The lowest BCUT2D eigenvalue weighted by Crippen LogP contribution is -2.36. The average molecular weight is 240 g/mol. The summed E-state index contributed by atoms with van der Waals surface area (Å²) in [4.78, 5) is 16.2. The van der Waals surface area contributed by atoms with Crippen molar-refractivity contribution in [2.24, 2.45) is 0 Å². The maximum absolute atomic E-state index is 13.8. The number of hydrogen-bond donors (Lipinski definition) is 1. The van der Waals surface area contributed by atoms with Gasteiger partial charge < -0.3 is 14.5 Å². The molecule has 0 spiro atoms. The molecule has 1 fully saturated rings. The molecule has 1 N–H and O–H groups in total. The molecular weight excluding hydrogens is 227 g/mol. The number of nitrogens with zero attached hydrogens (tertiary/aromatic N) is 1. The molecule has 1 heterocycles. The fourth-order valence-electron chi connectivity index (χ4n) is 1.72. The minimum atomic E-state index is -0.355. The number of nitrogens with one attached hydrogen (secondary N) is 1. The number of hydrogen-bond acceptors (Lipinski definition) is 5. The molecule has 1 aliphatic heterocycles. The van der Waals surface area contributed by atoms with Gasteiger partial charge in [0.05, 0.1) is 24.6 Å². The summed E-state index contributed by atoms with van der Waals surface area (Å²) in [5.41, 5.74) is 3.24. The van der Waals surface area contributed by atoms with Crippen molar-refractivity contribution in [1.29, 1.82) is 0 Å². The van der Waals surface area contributed by atoms with Crippen molar-refractivity contribution in [3.8, 4) is 0 Å². The van der Waals surface area contributed by atoms with Gasteiger partial charge in [0.1, 0.15) is 5.82 Å². The molecule has 0 bridgehead atoms. The molecule has 0 atom stereocenters. The first-order valence-corrected chi connectivity index (χ1v) is 5.29. The van der Waals surface area contributed by atoms with E-state index >= 15 is 0 Å². The Balaban J connectivity index is 2.10. The number of carbonyl (C=O) groups excluding carboxylic acids is 1. The Labute approximate surface area is 98.1 Å². The summed E-state index contributed by atoms with van der Waals surface area (Å²) in [6, 6.07) is 4.59. The first kappa shape index (κ1) is 11.7. The summed E-state index contributed by atoms with van der Waals surface area (Å²) >= 11 is 0. The molecule has 0 unspecified atom stereocenters. The summed E-state index contributed by atoms with van der Waals surface area (Å²) in [5.74, 6) is -0.355. The van der Waals surface area contributed by atoms with E-state index in [2.05, 4.69) is 10.3 Å². The van der Waals surface area contributed by atoms with Crippen LogP contribution >= 0.6 is 0 Å². The highest BCUT2D eigenvalue weighted by Crippen LogP contribution is 2.23. The van der Waals surface area contributed by atoms with Crippen molar-refractivity contribution in [1.82, 2.24) is 0 Å². The fraction of sp³-hybridized carbons (Fsp3) is 0.364. The second-order valence-corrected chi connectivity index (χ2v) is 3.58. The van der Waals surface area contributed by atoms with E-state index in [1.807, 2.05) is 4.90 Å². The zero-order chi connectivity index (χ0) is 12.1. The maximum atomic E-state index is 13.8. The van der Waals surface area contributed by atoms with Gasteiger partial charge in [0.2, 0.25) is 0 Å². The molecule has 0 radical (unpaired) electrons. The van der Waals surface area contributed by atoms with E-state index in [-0.39, 0.29) is 12.3 Å². The Hall–Kier alpha value is -1.82. The topological polar surface area (TPSA) is 50.8 Å². The lowest BCUT2D eigenvalue weighted by molar-refractivity contribution is -0.126. The Bertz CT molecular complexity index is 394. The highest BCUT2D eigenvalue weighted by Gasteiger charge is 2.15. The molecule has 0 aromatic heterocycles. The minimum Gasteiger partial charge on any atom is -0.378 e. The first-order chi connectivity index (χ1) is 8.31. The molecule has 0 saturated carbocycles. The Morgan fingerprint density at radius 3 is 2.82 bits per heavy atom. The monoisotopic (exact) mass is 240 g/mol. The Morgan fingerprint density at radius 1 is 1.41 bits per heavy atom. The Kier molecular flexibility index (Phi) is 3.77. The van der Waals surface area contributed by atoms with E-state index in [9.17, 15) is 9.18 Å². The molecule has 17 heavy (non-hydrogen) atoms. The van der Waals surface area contributed by atoms with Gasteiger partial charge in [-0.2, -0.15) is 0 Å². The van der Waals surface area contributed by atoms with Gasteiger partial charge in [0.25, 0.3) is 0 Å². The molecule has 0 aliphatic carbocycles. The summed E-state index contributed by atoms with van der Waals surface area (Å²) in [5, 5.41) is 0. The number of benzene rings is 1. The number of ether oxygens (including phenoxy) is 1. The third-order valence-corrected chi connectivity index (χ3v) is 2.52. The Morgan fingerprint density at radius 2 is 2.18 bits per heavy atom. The number of anilines is 2. The normalized spacial score (nSPS) is 15.5. The van der Waals surface area contributed by atoms with E-state index in [0.29, 0.717) is 37.7 Å². The SMILES string of the molecule is O=CONc1ccc(N2CCOCC2)c(F)c1. The third-order valence-electron chi connectivity index (χ3n) is 2.52. The van der Waals surface area contributed by atoms with Gasteiger partial charge in [0.15, 0.2) is 0 Å². The van der Waals surface area contributed by atoms with Crippen LogP contribution in [-0.2, 0) is 14.4 Å². The van der Waals surface area contributed by atoms with Crippen LogP contribution in [0.5, 0.6) is 0 Å². The van der Waals surface area contributed by atoms with Gasteiger partial charge in [-0.25, -0.2) is 9.87 Å². The highest BCUT2D eigenvalue weighted by molar-refractivity contribution is 5.56. The third kappa shape index (κ3) is 2.85. The van der Waals surface area contributed by atoms with Crippen LogP contribution in [0.2, 0.25) is 0 Å². The van der Waals surface area contributed by atoms with Gasteiger partial charge in [-0.15, -0.1) is 0 Å². The van der Waals surface area contributed by atoms with Crippen LogP contribution in [0, 0.1) is 5.82 Å². The van der Waals surface area contributed by atoms with E-state index in [4.69, 9.17) is 4.74 Å².